The van der Waals surface area contributed by atoms with Crippen LogP contribution in [0.5, 0.6) is 0 Å². The Balaban J connectivity index is 1.63. The Morgan fingerprint density at radius 2 is 1.75 bits per heavy atom. The minimum absolute atomic E-state index is 0.137. The molecule has 0 aliphatic carbocycles. The maximum Gasteiger partial charge on any atom is 0.334 e. The Hall–Kier alpha value is -2.73. The number of hydrogen-bond acceptors (Lipinski definition) is 6. The lowest BCUT2D eigenvalue weighted by atomic mass is 10.1. The summed E-state index contributed by atoms with van der Waals surface area (Å²) >= 11 is 0. The molecular weight excluding hydrogens is 379 g/mol. The quantitative estimate of drug-likeness (QED) is 0.560. The van der Waals surface area contributed by atoms with Crippen LogP contribution in [0.1, 0.15) is 11.1 Å². The first-order valence-corrected chi connectivity index (χ1v) is 10.3. The molecule has 1 aromatic heterocycles. The summed E-state index contributed by atoms with van der Waals surface area (Å²) < 4.78 is 27.4. The van der Waals surface area contributed by atoms with Gasteiger partial charge >= 0.3 is 7.60 Å². The van der Waals surface area contributed by atoms with Crippen LogP contribution in [-0.4, -0.2) is 25.3 Å². The van der Waals surface area contributed by atoms with Crippen LogP contribution in [-0.2, 0) is 31.0 Å². The largest absolute Gasteiger partial charge is 0.356 e. The zero-order valence-electron chi connectivity index (χ0n) is 15.6. The highest BCUT2D eigenvalue weighted by molar-refractivity contribution is 7.52. The lowest BCUT2D eigenvalue weighted by Gasteiger charge is -2.13. The second-order valence-corrected chi connectivity index (χ2v) is 8.37. The van der Waals surface area contributed by atoms with Crippen molar-refractivity contribution in [3.8, 4) is 11.3 Å². The summed E-state index contributed by atoms with van der Waals surface area (Å²) in [6.07, 6.45) is 1.85. The Morgan fingerprint density at radius 1 is 1.07 bits per heavy atom. The number of nitrogens with one attached hydrogen (secondary N) is 1. The van der Waals surface area contributed by atoms with Gasteiger partial charge in [-0.3, -0.25) is 9.36 Å². The average Bonchev–Trinajstić information content (AvgIpc) is 3.18. The molecular formula is C20H21N2O5P. The Kier molecular flexibility index (Phi) is 6.41. The van der Waals surface area contributed by atoms with Gasteiger partial charge in [0.05, 0.1) is 18.8 Å². The number of carbonyl (C=O) groups is 1. The zero-order valence-corrected chi connectivity index (χ0v) is 16.5. The molecule has 1 amide bonds. The van der Waals surface area contributed by atoms with Crippen LogP contribution < -0.4 is 5.32 Å². The molecule has 1 N–H and O–H groups in total. The maximum atomic E-state index is 12.4. The molecule has 0 spiro atoms. The van der Waals surface area contributed by atoms with Crippen molar-refractivity contribution < 1.29 is 22.9 Å². The highest BCUT2D eigenvalue weighted by Gasteiger charge is 2.21. The van der Waals surface area contributed by atoms with Crippen molar-refractivity contribution in [2.75, 3.05) is 19.5 Å². The zero-order chi connectivity index (χ0) is 20.0. The number of aromatic nitrogens is 1. The van der Waals surface area contributed by atoms with Crippen LogP contribution in [0.15, 0.2) is 65.3 Å². The third-order valence-electron chi connectivity index (χ3n) is 4.20. The molecule has 0 saturated heterocycles. The fraction of sp³-hybridized carbons (Fsp3) is 0.200. The number of carbonyl (C=O) groups excluding carboxylic acids is 1. The van der Waals surface area contributed by atoms with Gasteiger partial charge in [-0.1, -0.05) is 47.6 Å². The molecule has 0 aliphatic heterocycles. The molecule has 2 aromatic carbocycles. The van der Waals surface area contributed by atoms with E-state index in [9.17, 15) is 9.36 Å². The third kappa shape index (κ3) is 4.95. The van der Waals surface area contributed by atoms with Crippen LogP contribution >= 0.6 is 7.60 Å². The number of benzene rings is 2. The van der Waals surface area contributed by atoms with Crippen molar-refractivity contribution in [3.63, 3.8) is 0 Å². The van der Waals surface area contributed by atoms with Gasteiger partial charge in [-0.15, -0.1) is 0 Å². The molecule has 8 heteroatoms. The Labute approximate surface area is 163 Å². The van der Waals surface area contributed by atoms with E-state index >= 15 is 0 Å². The maximum absolute atomic E-state index is 12.4. The minimum atomic E-state index is -3.12. The van der Waals surface area contributed by atoms with Gasteiger partial charge in [0.1, 0.15) is 0 Å². The van der Waals surface area contributed by atoms with Crippen molar-refractivity contribution in [1.29, 1.82) is 0 Å². The van der Waals surface area contributed by atoms with E-state index in [1.165, 1.54) is 14.2 Å². The molecule has 0 unspecified atom stereocenters. The van der Waals surface area contributed by atoms with Crippen LogP contribution in [0.25, 0.3) is 11.3 Å². The summed E-state index contributed by atoms with van der Waals surface area (Å²) in [5.41, 5.74) is 3.00. The highest BCUT2D eigenvalue weighted by Crippen LogP contribution is 2.49. The predicted octanol–water partition coefficient (Wildman–Crippen LogP) is 4.51. The topological polar surface area (TPSA) is 90.7 Å². The Morgan fingerprint density at radius 3 is 2.39 bits per heavy atom. The first-order chi connectivity index (χ1) is 13.5. The summed E-state index contributed by atoms with van der Waals surface area (Å²) in [7, 11) is -0.415. The summed E-state index contributed by atoms with van der Waals surface area (Å²) in [4.78, 5) is 12.4. The van der Waals surface area contributed by atoms with Crippen LogP contribution in [0, 0.1) is 0 Å². The standard InChI is InChI=1S/C20H21N2O5P/c1-25-28(24,26-2)14-15-8-10-18(11-9-15)22-19(23)12-17-13-21-27-20(17)16-6-4-3-5-7-16/h3-11,13H,12,14H2,1-2H3,(H,22,23). The van der Waals surface area contributed by atoms with Crippen molar-refractivity contribution in [1.82, 2.24) is 5.16 Å². The number of hydrogen-bond donors (Lipinski definition) is 1. The number of rotatable bonds is 8. The van der Waals surface area contributed by atoms with E-state index in [1.807, 2.05) is 30.3 Å². The number of amides is 1. The first kappa shape index (κ1) is 20.0. The smallest absolute Gasteiger partial charge is 0.334 e. The van der Waals surface area contributed by atoms with Crippen molar-refractivity contribution in [2.45, 2.75) is 12.6 Å². The average molecular weight is 400 g/mol. The third-order valence-corrected chi connectivity index (χ3v) is 6.07. The van der Waals surface area contributed by atoms with E-state index in [0.717, 1.165) is 11.1 Å². The monoisotopic (exact) mass is 400 g/mol. The number of nitrogens with zero attached hydrogens (tertiary/aromatic N) is 1. The molecule has 3 aromatic rings. The van der Waals surface area contributed by atoms with Crippen molar-refractivity contribution >= 4 is 19.2 Å². The predicted molar refractivity (Wildman–Crippen MR) is 106 cm³/mol. The number of anilines is 1. The summed E-state index contributed by atoms with van der Waals surface area (Å²) in [5, 5.41) is 6.65. The van der Waals surface area contributed by atoms with Gasteiger partial charge in [-0.25, -0.2) is 0 Å². The van der Waals surface area contributed by atoms with E-state index in [1.54, 1.807) is 30.5 Å². The van der Waals surface area contributed by atoms with Gasteiger partial charge in [0.2, 0.25) is 5.91 Å². The molecule has 7 nitrogen and oxygen atoms in total. The molecule has 0 aliphatic rings. The molecule has 28 heavy (non-hydrogen) atoms. The van der Waals surface area contributed by atoms with Gasteiger partial charge in [0.25, 0.3) is 0 Å². The van der Waals surface area contributed by atoms with Crippen LogP contribution in [0.4, 0.5) is 5.69 Å². The molecule has 0 bridgehead atoms. The van der Waals surface area contributed by atoms with E-state index < -0.39 is 7.60 Å². The fourth-order valence-corrected chi connectivity index (χ4v) is 3.78. The lowest BCUT2D eigenvalue weighted by molar-refractivity contribution is -0.115. The second-order valence-electron chi connectivity index (χ2n) is 6.10. The van der Waals surface area contributed by atoms with Gasteiger partial charge in [-0.2, -0.15) is 0 Å². The lowest BCUT2D eigenvalue weighted by Crippen LogP contribution is -2.14. The van der Waals surface area contributed by atoms with E-state index in [0.29, 0.717) is 17.0 Å². The van der Waals surface area contributed by atoms with E-state index in [2.05, 4.69) is 10.5 Å². The first-order valence-electron chi connectivity index (χ1n) is 8.61. The molecule has 0 saturated carbocycles. The molecule has 0 atom stereocenters. The minimum Gasteiger partial charge on any atom is -0.356 e. The van der Waals surface area contributed by atoms with E-state index in [-0.39, 0.29) is 18.5 Å². The highest BCUT2D eigenvalue weighted by atomic mass is 31.2. The second kappa shape index (κ2) is 8.97. The van der Waals surface area contributed by atoms with Crippen LogP contribution in [0.3, 0.4) is 0 Å². The molecule has 3 rings (SSSR count). The van der Waals surface area contributed by atoms with Gasteiger partial charge in [0, 0.05) is 31.0 Å². The van der Waals surface area contributed by atoms with Crippen molar-refractivity contribution in [3.05, 3.63) is 71.9 Å². The van der Waals surface area contributed by atoms with Gasteiger partial charge in [-0.05, 0) is 17.7 Å². The Bertz CT molecular complexity index is 962. The summed E-state index contributed by atoms with van der Waals surface area (Å²) in [5.74, 6) is 0.397. The van der Waals surface area contributed by atoms with Gasteiger partial charge in [0.15, 0.2) is 5.76 Å². The molecule has 146 valence electrons. The van der Waals surface area contributed by atoms with Gasteiger partial charge < -0.3 is 18.9 Å². The fourth-order valence-electron chi connectivity index (χ4n) is 2.71. The SMILES string of the molecule is COP(=O)(Cc1ccc(NC(=O)Cc2cnoc2-c2ccccc2)cc1)OC. The molecule has 0 fully saturated rings. The summed E-state index contributed by atoms with van der Waals surface area (Å²) in [6.45, 7) is 0. The van der Waals surface area contributed by atoms with E-state index in [4.69, 9.17) is 13.6 Å². The van der Waals surface area contributed by atoms with Crippen LogP contribution in [0.2, 0.25) is 0 Å². The van der Waals surface area contributed by atoms with Crippen molar-refractivity contribution in [2.24, 2.45) is 0 Å². The molecule has 1 heterocycles. The molecule has 0 radical (unpaired) electrons. The summed E-state index contributed by atoms with van der Waals surface area (Å²) in [6, 6.07) is 16.5. The normalized spacial score (nSPS) is 11.4.